The number of thiophene rings is 1. The minimum absolute atomic E-state index is 1.11. The number of para-hydroxylation sites is 3. The second kappa shape index (κ2) is 14.3. The highest BCUT2D eigenvalue weighted by molar-refractivity contribution is 7.27. The maximum absolute atomic E-state index is 2.46. The van der Waals surface area contributed by atoms with Gasteiger partial charge in [0, 0.05) is 64.8 Å². The third kappa shape index (κ3) is 5.64. The molecule has 0 aliphatic carbocycles. The van der Waals surface area contributed by atoms with Crippen LogP contribution in [0, 0.1) is 0 Å². The Bertz CT molecular complexity index is 3730. The molecule has 2 heterocycles. The maximum Gasteiger partial charge on any atom is 0.0618 e. The van der Waals surface area contributed by atoms with Crippen LogP contribution in [0.3, 0.4) is 0 Å². The van der Waals surface area contributed by atoms with Crippen LogP contribution in [-0.2, 0) is 0 Å². The molecule has 12 aromatic rings. The van der Waals surface area contributed by atoms with Gasteiger partial charge in [0.25, 0.3) is 0 Å². The molecule has 1 aromatic heterocycles. The first-order valence-electron chi connectivity index (χ1n) is 21.6. The quantitative estimate of drug-likeness (QED) is 0.154. The summed E-state index contributed by atoms with van der Waals surface area (Å²) in [7, 11) is 0. The second-order valence-corrected chi connectivity index (χ2v) is 17.5. The van der Waals surface area contributed by atoms with Crippen LogP contribution in [0.5, 0.6) is 0 Å². The summed E-state index contributed by atoms with van der Waals surface area (Å²) < 4.78 is 2.63. The summed E-state index contributed by atoms with van der Waals surface area (Å²) in [6.45, 7) is 0. The van der Waals surface area contributed by atoms with Crippen LogP contribution in [-0.4, -0.2) is 0 Å². The van der Waals surface area contributed by atoms with Crippen molar-refractivity contribution in [2.45, 2.75) is 0 Å². The Morgan fingerprint density at radius 3 is 1.76 bits per heavy atom. The average Bonchev–Trinajstić information content (AvgIpc) is 3.75. The Kier molecular flexibility index (Phi) is 8.12. The minimum atomic E-state index is 1.11. The Balaban J connectivity index is 0.910. The molecule has 0 bridgehead atoms. The highest BCUT2D eigenvalue weighted by Gasteiger charge is 2.28. The molecular formula is C60H38N2S. The molecule has 63 heavy (non-hydrogen) atoms. The fourth-order valence-corrected chi connectivity index (χ4v) is 11.4. The molecule has 13 rings (SSSR count). The van der Waals surface area contributed by atoms with E-state index in [1.165, 1.54) is 97.2 Å². The van der Waals surface area contributed by atoms with Gasteiger partial charge in [-0.25, -0.2) is 0 Å². The van der Waals surface area contributed by atoms with Crippen LogP contribution in [0.2, 0.25) is 0 Å². The zero-order valence-corrected chi connectivity index (χ0v) is 35.1. The van der Waals surface area contributed by atoms with Crippen molar-refractivity contribution in [3.05, 3.63) is 231 Å². The highest BCUT2D eigenvalue weighted by atomic mass is 32.1. The Labute approximate surface area is 369 Å². The van der Waals surface area contributed by atoms with Gasteiger partial charge in [-0.15, -0.1) is 11.3 Å². The number of nitrogens with zero attached hydrogens (tertiary/aromatic N) is 2. The van der Waals surface area contributed by atoms with Gasteiger partial charge in [0.1, 0.15) is 0 Å². The first-order valence-corrected chi connectivity index (χ1v) is 22.4. The van der Waals surface area contributed by atoms with Gasteiger partial charge in [0.05, 0.1) is 11.4 Å². The topological polar surface area (TPSA) is 6.48 Å². The minimum Gasteiger partial charge on any atom is -0.310 e. The lowest BCUT2D eigenvalue weighted by Crippen LogP contribution is -2.16. The molecule has 1 aliphatic heterocycles. The van der Waals surface area contributed by atoms with Crippen molar-refractivity contribution >= 4 is 98.0 Å². The summed E-state index contributed by atoms with van der Waals surface area (Å²) in [6.07, 6.45) is 0. The molecule has 0 saturated heterocycles. The summed E-state index contributed by atoms with van der Waals surface area (Å²) in [6, 6.07) is 84.5. The van der Waals surface area contributed by atoms with Crippen molar-refractivity contribution in [1.29, 1.82) is 0 Å². The van der Waals surface area contributed by atoms with Crippen LogP contribution in [0.15, 0.2) is 231 Å². The van der Waals surface area contributed by atoms with Crippen LogP contribution in [0.4, 0.5) is 34.1 Å². The lowest BCUT2D eigenvalue weighted by atomic mass is 9.87. The Morgan fingerprint density at radius 2 is 0.952 bits per heavy atom. The van der Waals surface area contributed by atoms with Crippen molar-refractivity contribution in [2.24, 2.45) is 0 Å². The molecule has 0 N–H and O–H groups in total. The SMILES string of the molecule is c1ccc(N(c2ccc(-c3cccc(-c4cccc5c4N(c4ccccc4)c4cccc6cccc-5c46)c3)cc2)c2ccc3c(c2)sc2c4ccccc4c4ccccc4c32)cc1. The van der Waals surface area contributed by atoms with Gasteiger partial charge >= 0.3 is 0 Å². The Hall–Kier alpha value is -7.98. The molecule has 1 aliphatic rings. The number of hydrogen-bond acceptors (Lipinski definition) is 3. The van der Waals surface area contributed by atoms with Crippen LogP contribution < -0.4 is 9.80 Å². The zero-order valence-electron chi connectivity index (χ0n) is 34.2. The van der Waals surface area contributed by atoms with E-state index in [0.717, 1.165) is 22.7 Å². The number of fused-ring (bicyclic) bond motifs is 10. The first kappa shape index (κ1) is 35.7. The van der Waals surface area contributed by atoms with Crippen molar-refractivity contribution < 1.29 is 0 Å². The lowest BCUT2D eigenvalue weighted by molar-refractivity contribution is 1.28. The van der Waals surface area contributed by atoms with Gasteiger partial charge < -0.3 is 9.80 Å². The van der Waals surface area contributed by atoms with E-state index in [-0.39, 0.29) is 0 Å². The largest absolute Gasteiger partial charge is 0.310 e. The van der Waals surface area contributed by atoms with Gasteiger partial charge in [-0.2, -0.15) is 0 Å². The first-order chi connectivity index (χ1) is 31.3. The molecular weight excluding hydrogens is 781 g/mol. The predicted octanol–water partition coefficient (Wildman–Crippen LogP) is 17.8. The van der Waals surface area contributed by atoms with Crippen molar-refractivity contribution in [3.63, 3.8) is 0 Å². The molecule has 0 unspecified atom stereocenters. The highest BCUT2D eigenvalue weighted by Crippen LogP contribution is 2.54. The molecule has 294 valence electrons. The fourth-order valence-electron chi connectivity index (χ4n) is 10.2. The maximum atomic E-state index is 2.46. The summed E-state index contributed by atoms with van der Waals surface area (Å²) in [5, 5.41) is 10.4. The zero-order chi connectivity index (χ0) is 41.4. The molecule has 0 saturated carbocycles. The van der Waals surface area contributed by atoms with E-state index in [1.54, 1.807) is 0 Å². The summed E-state index contributed by atoms with van der Waals surface area (Å²) in [4.78, 5) is 4.84. The Morgan fingerprint density at radius 1 is 0.349 bits per heavy atom. The molecule has 0 fully saturated rings. The average molecular weight is 819 g/mol. The standard InChI is InChI=1S/C60H38N2S/c1-3-19-43(20-4-1)61(46-35-36-54-56(38-46)63-60-53-26-10-8-24-49(53)48-23-7-9-25-50(48)58(54)60)45-33-31-39(32-34-45)41-17-11-18-42(37-41)47-27-14-29-52-51-28-12-15-40-16-13-30-55(57(40)51)62(59(47)52)44-21-5-2-6-22-44/h1-38H. The number of anilines is 6. The van der Waals surface area contributed by atoms with Crippen LogP contribution in [0.25, 0.3) is 85.9 Å². The van der Waals surface area contributed by atoms with Gasteiger partial charge in [-0.3, -0.25) is 0 Å². The number of benzene rings is 11. The molecule has 11 aromatic carbocycles. The van der Waals surface area contributed by atoms with Gasteiger partial charge in [0.2, 0.25) is 0 Å². The van der Waals surface area contributed by atoms with Gasteiger partial charge in [-0.05, 0) is 104 Å². The fraction of sp³-hybridized carbons (Fsp3) is 0. The third-order valence-electron chi connectivity index (χ3n) is 12.9. The van der Waals surface area contributed by atoms with E-state index in [2.05, 4.69) is 240 Å². The van der Waals surface area contributed by atoms with E-state index < -0.39 is 0 Å². The van der Waals surface area contributed by atoms with Crippen LogP contribution >= 0.6 is 11.3 Å². The number of hydrogen-bond donors (Lipinski definition) is 0. The van der Waals surface area contributed by atoms with E-state index in [4.69, 9.17) is 0 Å². The van der Waals surface area contributed by atoms with Crippen molar-refractivity contribution in [1.82, 2.24) is 0 Å². The molecule has 2 nitrogen and oxygen atoms in total. The molecule has 0 atom stereocenters. The molecule has 0 spiro atoms. The van der Waals surface area contributed by atoms with E-state index >= 15 is 0 Å². The predicted molar refractivity (Wildman–Crippen MR) is 271 cm³/mol. The summed E-state index contributed by atoms with van der Waals surface area (Å²) >= 11 is 1.90. The smallest absolute Gasteiger partial charge is 0.0618 e. The van der Waals surface area contributed by atoms with Crippen LogP contribution in [0.1, 0.15) is 0 Å². The second-order valence-electron chi connectivity index (χ2n) is 16.4. The lowest BCUT2D eigenvalue weighted by Gasteiger charge is -2.35. The summed E-state index contributed by atoms with van der Waals surface area (Å²) in [5.41, 5.74) is 14.2. The van der Waals surface area contributed by atoms with E-state index in [0.29, 0.717) is 0 Å². The normalized spacial score (nSPS) is 12.1. The monoisotopic (exact) mass is 818 g/mol. The van der Waals surface area contributed by atoms with E-state index in [1.807, 2.05) is 11.3 Å². The summed E-state index contributed by atoms with van der Waals surface area (Å²) in [5.74, 6) is 0. The van der Waals surface area contributed by atoms with Crippen molar-refractivity contribution in [2.75, 3.05) is 9.80 Å². The van der Waals surface area contributed by atoms with E-state index in [9.17, 15) is 0 Å². The van der Waals surface area contributed by atoms with Gasteiger partial charge in [0.15, 0.2) is 0 Å². The van der Waals surface area contributed by atoms with Crippen molar-refractivity contribution in [3.8, 4) is 33.4 Å². The van der Waals surface area contributed by atoms with Gasteiger partial charge in [-0.1, -0.05) is 170 Å². The molecule has 3 heteroatoms. The molecule has 0 amide bonds. The third-order valence-corrected chi connectivity index (χ3v) is 14.1. The number of rotatable bonds is 6. The molecule has 0 radical (unpaired) electrons.